The number of thioether (sulfide) groups is 1. The highest BCUT2D eigenvalue weighted by Crippen LogP contribution is 2.33. The van der Waals surface area contributed by atoms with Crippen LogP contribution in [0.15, 0.2) is 65.6 Å². The highest BCUT2D eigenvalue weighted by Gasteiger charge is 2.17. The minimum Gasteiger partial charge on any atom is -0.324 e. The number of carbonyl (C=O) groups is 2. The lowest BCUT2D eigenvalue weighted by atomic mass is 10.1. The molecule has 0 unspecified atom stereocenters. The van der Waals surface area contributed by atoms with E-state index in [-0.39, 0.29) is 11.8 Å². The van der Waals surface area contributed by atoms with Gasteiger partial charge in [0.1, 0.15) is 0 Å². The summed E-state index contributed by atoms with van der Waals surface area (Å²) in [6.45, 7) is 1.82. The van der Waals surface area contributed by atoms with Crippen molar-refractivity contribution in [1.29, 1.82) is 0 Å². The number of aryl methyl sites for hydroxylation is 1. The Morgan fingerprint density at radius 2 is 1.93 bits per heavy atom. The van der Waals surface area contributed by atoms with E-state index in [2.05, 4.69) is 15.6 Å². The molecule has 134 valence electrons. The first-order valence-electron chi connectivity index (χ1n) is 8.51. The molecule has 4 rings (SSSR count). The minimum absolute atomic E-state index is 0.0347. The van der Waals surface area contributed by atoms with Gasteiger partial charge in [-0.1, -0.05) is 30.3 Å². The summed E-state index contributed by atoms with van der Waals surface area (Å²) in [4.78, 5) is 29.8. The van der Waals surface area contributed by atoms with Crippen LogP contribution in [-0.4, -0.2) is 22.6 Å². The SMILES string of the molecule is Cc1nc(-c2ccccc2)ccc1C(=O)Nc1ccc2c(c1)NC(=O)CS2. The van der Waals surface area contributed by atoms with E-state index in [1.807, 2.05) is 55.5 Å². The summed E-state index contributed by atoms with van der Waals surface area (Å²) < 4.78 is 0. The summed E-state index contributed by atoms with van der Waals surface area (Å²) >= 11 is 1.49. The lowest BCUT2D eigenvalue weighted by Gasteiger charge is -2.17. The summed E-state index contributed by atoms with van der Waals surface area (Å²) in [6, 6.07) is 19.0. The second-order valence-corrected chi connectivity index (χ2v) is 7.21. The van der Waals surface area contributed by atoms with Crippen LogP contribution in [0, 0.1) is 6.92 Å². The van der Waals surface area contributed by atoms with Crippen molar-refractivity contribution in [2.75, 3.05) is 16.4 Å². The molecule has 0 aliphatic carbocycles. The number of aromatic nitrogens is 1. The van der Waals surface area contributed by atoms with Crippen LogP contribution in [0.3, 0.4) is 0 Å². The smallest absolute Gasteiger partial charge is 0.257 e. The molecule has 6 heteroatoms. The molecule has 0 radical (unpaired) electrons. The number of hydrogen-bond donors (Lipinski definition) is 2. The third-order valence-corrected chi connectivity index (χ3v) is 5.34. The Hall–Kier alpha value is -3.12. The number of pyridine rings is 1. The van der Waals surface area contributed by atoms with Gasteiger partial charge >= 0.3 is 0 Å². The van der Waals surface area contributed by atoms with Crippen molar-refractivity contribution in [3.8, 4) is 11.3 Å². The normalized spacial score (nSPS) is 12.9. The van der Waals surface area contributed by atoms with Crippen LogP contribution in [0.5, 0.6) is 0 Å². The third kappa shape index (κ3) is 3.71. The third-order valence-electron chi connectivity index (χ3n) is 4.27. The zero-order chi connectivity index (χ0) is 18.8. The Labute approximate surface area is 161 Å². The van der Waals surface area contributed by atoms with E-state index in [9.17, 15) is 9.59 Å². The fraction of sp³-hybridized carbons (Fsp3) is 0.0952. The van der Waals surface area contributed by atoms with Crippen molar-refractivity contribution in [3.63, 3.8) is 0 Å². The highest BCUT2D eigenvalue weighted by atomic mass is 32.2. The van der Waals surface area contributed by atoms with Gasteiger partial charge in [-0.05, 0) is 37.3 Å². The molecule has 2 heterocycles. The number of anilines is 2. The number of amides is 2. The van der Waals surface area contributed by atoms with Crippen molar-refractivity contribution in [3.05, 3.63) is 71.9 Å². The van der Waals surface area contributed by atoms with Gasteiger partial charge in [0.2, 0.25) is 5.91 Å². The predicted molar refractivity (Wildman–Crippen MR) is 108 cm³/mol. The monoisotopic (exact) mass is 375 g/mol. The molecular weight excluding hydrogens is 358 g/mol. The Morgan fingerprint density at radius 1 is 1.11 bits per heavy atom. The number of rotatable bonds is 3. The number of carbonyl (C=O) groups excluding carboxylic acids is 2. The summed E-state index contributed by atoms with van der Waals surface area (Å²) in [5, 5.41) is 5.71. The molecule has 2 aromatic carbocycles. The molecule has 27 heavy (non-hydrogen) atoms. The maximum absolute atomic E-state index is 12.7. The van der Waals surface area contributed by atoms with E-state index in [0.717, 1.165) is 21.8 Å². The van der Waals surface area contributed by atoms with Crippen molar-refractivity contribution >= 4 is 35.0 Å². The molecule has 0 saturated heterocycles. The van der Waals surface area contributed by atoms with E-state index in [1.54, 1.807) is 12.1 Å². The number of hydrogen-bond acceptors (Lipinski definition) is 4. The quantitative estimate of drug-likeness (QED) is 0.714. The van der Waals surface area contributed by atoms with Crippen molar-refractivity contribution in [2.24, 2.45) is 0 Å². The first kappa shape index (κ1) is 17.3. The van der Waals surface area contributed by atoms with Crippen LogP contribution in [0.2, 0.25) is 0 Å². The van der Waals surface area contributed by atoms with E-state index < -0.39 is 0 Å². The lowest BCUT2D eigenvalue weighted by molar-refractivity contribution is -0.113. The second-order valence-electron chi connectivity index (χ2n) is 6.20. The molecule has 1 aliphatic rings. The summed E-state index contributed by atoms with van der Waals surface area (Å²) in [5.74, 6) is 0.152. The van der Waals surface area contributed by atoms with Crippen molar-refractivity contribution < 1.29 is 9.59 Å². The molecule has 1 aliphatic heterocycles. The average molecular weight is 375 g/mol. The molecule has 1 aromatic heterocycles. The molecule has 2 amide bonds. The van der Waals surface area contributed by atoms with E-state index in [1.165, 1.54) is 11.8 Å². The van der Waals surface area contributed by atoms with Crippen molar-refractivity contribution in [2.45, 2.75) is 11.8 Å². The minimum atomic E-state index is -0.227. The Morgan fingerprint density at radius 3 is 2.70 bits per heavy atom. The number of fused-ring (bicyclic) bond motifs is 1. The van der Waals surface area contributed by atoms with Crippen LogP contribution in [0.25, 0.3) is 11.3 Å². The van der Waals surface area contributed by atoms with Gasteiger partial charge in [0, 0.05) is 16.1 Å². The van der Waals surface area contributed by atoms with Crippen LogP contribution >= 0.6 is 11.8 Å². The molecule has 2 N–H and O–H groups in total. The topological polar surface area (TPSA) is 71.1 Å². The number of nitrogens with zero attached hydrogens (tertiary/aromatic N) is 1. The molecular formula is C21H17N3O2S. The van der Waals surface area contributed by atoms with Crippen LogP contribution in [0.1, 0.15) is 16.1 Å². The lowest BCUT2D eigenvalue weighted by Crippen LogP contribution is -2.19. The zero-order valence-corrected chi connectivity index (χ0v) is 15.5. The highest BCUT2D eigenvalue weighted by molar-refractivity contribution is 8.00. The standard InChI is InChI=1S/C21H17N3O2S/c1-13-16(8-9-17(22-13)14-5-3-2-4-6-14)21(26)23-15-7-10-19-18(11-15)24-20(25)12-27-19/h2-11H,12H2,1H3,(H,23,26)(H,24,25). The van der Waals surface area contributed by atoms with Gasteiger partial charge in [-0.25, -0.2) is 0 Å². The molecule has 3 aromatic rings. The first-order valence-corrected chi connectivity index (χ1v) is 9.50. The molecule has 0 atom stereocenters. The number of nitrogens with one attached hydrogen (secondary N) is 2. The number of benzene rings is 2. The fourth-order valence-electron chi connectivity index (χ4n) is 2.93. The Bertz CT molecular complexity index is 1030. The zero-order valence-electron chi connectivity index (χ0n) is 14.7. The molecule has 0 fully saturated rings. The van der Waals surface area contributed by atoms with Crippen LogP contribution in [-0.2, 0) is 4.79 Å². The van der Waals surface area contributed by atoms with Crippen molar-refractivity contribution in [1.82, 2.24) is 4.98 Å². The maximum Gasteiger partial charge on any atom is 0.257 e. The van der Waals surface area contributed by atoms with Gasteiger partial charge in [-0.2, -0.15) is 0 Å². The van der Waals surface area contributed by atoms with E-state index >= 15 is 0 Å². The molecule has 0 bridgehead atoms. The van der Waals surface area contributed by atoms with Gasteiger partial charge in [0.15, 0.2) is 0 Å². The predicted octanol–water partition coefficient (Wildman–Crippen LogP) is 4.35. The molecule has 0 spiro atoms. The molecule has 5 nitrogen and oxygen atoms in total. The van der Waals surface area contributed by atoms with Crippen LogP contribution < -0.4 is 10.6 Å². The van der Waals surface area contributed by atoms with Gasteiger partial charge in [0.05, 0.1) is 28.4 Å². The Balaban J connectivity index is 1.55. The van der Waals surface area contributed by atoms with Gasteiger partial charge in [0.25, 0.3) is 5.91 Å². The Kier molecular flexibility index (Phi) is 4.64. The van der Waals surface area contributed by atoms with Gasteiger partial charge in [-0.15, -0.1) is 11.8 Å². The molecule has 0 saturated carbocycles. The van der Waals surface area contributed by atoms with Crippen LogP contribution in [0.4, 0.5) is 11.4 Å². The summed E-state index contributed by atoms with van der Waals surface area (Å²) in [5.41, 5.74) is 4.38. The van der Waals surface area contributed by atoms with E-state index in [0.29, 0.717) is 22.7 Å². The van der Waals surface area contributed by atoms with Gasteiger partial charge < -0.3 is 10.6 Å². The average Bonchev–Trinajstić information content (AvgIpc) is 2.68. The fourth-order valence-corrected chi connectivity index (χ4v) is 3.72. The summed E-state index contributed by atoms with van der Waals surface area (Å²) in [7, 11) is 0. The maximum atomic E-state index is 12.7. The van der Waals surface area contributed by atoms with E-state index in [4.69, 9.17) is 0 Å². The summed E-state index contributed by atoms with van der Waals surface area (Å²) in [6.07, 6.45) is 0. The largest absolute Gasteiger partial charge is 0.324 e. The van der Waals surface area contributed by atoms with Gasteiger partial charge in [-0.3, -0.25) is 14.6 Å². The first-order chi connectivity index (χ1) is 13.1. The second kappa shape index (κ2) is 7.25.